The molecule has 24 heavy (non-hydrogen) atoms. The third-order valence-corrected chi connectivity index (χ3v) is 5.06. The number of hydrogen-bond acceptors (Lipinski definition) is 3. The van der Waals surface area contributed by atoms with Crippen LogP contribution in [0, 0.1) is 17.7 Å². The van der Waals surface area contributed by atoms with Crippen LogP contribution in [-0.2, 0) is 16.1 Å². The molecule has 2 aliphatic heterocycles. The standard InChI is InChI=1S/C18H24FN3O2/c1-20(2)17(23)12-22-8-7-14-10-21(11-16(14)18(22)24)9-13-3-5-15(19)6-4-13/h3-6,14,16H,7-12H2,1-2H3/t14-,16-/m1/s1. The van der Waals surface area contributed by atoms with Gasteiger partial charge in [0.05, 0.1) is 12.5 Å². The van der Waals surface area contributed by atoms with Crippen LogP contribution < -0.4 is 0 Å². The van der Waals surface area contributed by atoms with Crippen molar-refractivity contribution in [2.75, 3.05) is 40.3 Å². The molecule has 2 amide bonds. The highest BCUT2D eigenvalue weighted by atomic mass is 19.1. The lowest BCUT2D eigenvalue weighted by Gasteiger charge is -2.34. The van der Waals surface area contributed by atoms with Crippen LogP contribution >= 0.6 is 0 Å². The Morgan fingerprint density at radius 3 is 2.62 bits per heavy atom. The molecule has 0 bridgehead atoms. The summed E-state index contributed by atoms with van der Waals surface area (Å²) in [5.74, 6) is 0.175. The van der Waals surface area contributed by atoms with Gasteiger partial charge in [-0.1, -0.05) is 12.1 Å². The Balaban J connectivity index is 1.60. The summed E-state index contributed by atoms with van der Waals surface area (Å²) in [6.07, 6.45) is 0.942. The van der Waals surface area contributed by atoms with Gasteiger partial charge in [0.25, 0.3) is 0 Å². The molecule has 0 unspecified atom stereocenters. The number of fused-ring (bicyclic) bond motifs is 1. The molecule has 2 heterocycles. The first-order valence-corrected chi connectivity index (χ1v) is 8.40. The molecular weight excluding hydrogens is 309 g/mol. The number of halogens is 1. The second-order valence-electron chi connectivity index (χ2n) is 7.02. The Morgan fingerprint density at radius 1 is 1.25 bits per heavy atom. The zero-order valence-electron chi connectivity index (χ0n) is 14.2. The average Bonchev–Trinajstić information content (AvgIpc) is 2.95. The van der Waals surface area contributed by atoms with Gasteiger partial charge in [-0.15, -0.1) is 0 Å². The molecule has 5 nitrogen and oxygen atoms in total. The third-order valence-electron chi connectivity index (χ3n) is 5.06. The van der Waals surface area contributed by atoms with Crippen LogP contribution in [0.15, 0.2) is 24.3 Å². The van der Waals surface area contributed by atoms with Gasteiger partial charge < -0.3 is 9.80 Å². The predicted octanol–water partition coefficient (Wildman–Crippen LogP) is 1.19. The maximum Gasteiger partial charge on any atom is 0.241 e. The van der Waals surface area contributed by atoms with Crippen LogP contribution in [0.3, 0.4) is 0 Å². The quantitative estimate of drug-likeness (QED) is 0.831. The summed E-state index contributed by atoms with van der Waals surface area (Å²) < 4.78 is 13.0. The molecular formula is C18H24FN3O2. The van der Waals surface area contributed by atoms with Crippen molar-refractivity contribution in [2.45, 2.75) is 13.0 Å². The minimum atomic E-state index is -0.231. The van der Waals surface area contributed by atoms with Crippen molar-refractivity contribution in [2.24, 2.45) is 11.8 Å². The summed E-state index contributed by atoms with van der Waals surface area (Å²) in [4.78, 5) is 30.0. The second-order valence-corrected chi connectivity index (χ2v) is 7.02. The maximum absolute atomic E-state index is 13.0. The highest BCUT2D eigenvalue weighted by Crippen LogP contribution is 2.32. The monoisotopic (exact) mass is 333 g/mol. The Bertz CT molecular complexity index is 617. The minimum absolute atomic E-state index is 0.0193. The number of likely N-dealkylation sites (N-methyl/N-ethyl adjacent to an activating group) is 1. The Kier molecular flexibility index (Phi) is 4.85. The fraction of sp³-hybridized carbons (Fsp3) is 0.556. The van der Waals surface area contributed by atoms with Crippen molar-refractivity contribution in [1.82, 2.24) is 14.7 Å². The van der Waals surface area contributed by atoms with Gasteiger partial charge in [0.15, 0.2) is 0 Å². The van der Waals surface area contributed by atoms with Gasteiger partial charge in [-0.25, -0.2) is 4.39 Å². The van der Waals surface area contributed by atoms with Crippen molar-refractivity contribution in [3.05, 3.63) is 35.6 Å². The van der Waals surface area contributed by atoms with Crippen molar-refractivity contribution in [3.63, 3.8) is 0 Å². The predicted molar refractivity (Wildman–Crippen MR) is 88.5 cm³/mol. The van der Waals surface area contributed by atoms with E-state index in [0.29, 0.717) is 19.0 Å². The Morgan fingerprint density at radius 2 is 1.96 bits per heavy atom. The highest BCUT2D eigenvalue weighted by Gasteiger charge is 2.43. The Labute approximate surface area is 142 Å². The average molecular weight is 333 g/mol. The zero-order chi connectivity index (χ0) is 17.3. The summed E-state index contributed by atoms with van der Waals surface area (Å²) in [5, 5.41) is 0. The Hall–Kier alpha value is -1.95. The van der Waals surface area contributed by atoms with Gasteiger partial charge in [-0.3, -0.25) is 14.5 Å². The fourth-order valence-electron chi connectivity index (χ4n) is 3.64. The SMILES string of the molecule is CN(C)C(=O)CN1CC[C@@H]2CN(Cc3ccc(F)cc3)C[C@H]2C1=O. The zero-order valence-corrected chi connectivity index (χ0v) is 14.2. The van der Waals surface area contributed by atoms with Gasteiger partial charge in [-0.2, -0.15) is 0 Å². The number of amides is 2. The van der Waals surface area contributed by atoms with Crippen LogP contribution in [0.1, 0.15) is 12.0 Å². The third kappa shape index (κ3) is 3.59. The number of hydrogen-bond donors (Lipinski definition) is 0. The molecule has 3 rings (SSSR count). The molecule has 130 valence electrons. The molecule has 1 aromatic rings. The summed E-state index contributed by atoms with van der Waals surface area (Å²) >= 11 is 0. The topological polar surface area (TPSA) is 43.9 Å². The smallest absolute Gasteiger partial charge is 0.241 e. The van der Waals surface area contributed by atoms with Crippen LogP contribution in [0.25, 0.3) is 0 Å². The van der Waals surface area contributed by atoms with Gasteiger partial charge >= 0.3 is 0 Å². The first-order valence-electron chi connectivity index (χ1n) is 8.40. The number of rotatable bonds is 4. The molecule has 2 fully saturated rings. The van der Waals surface area contributed by atoms with Crippen LogP contribution in [-0.4, -0.2) is 66.8 Å². The molecule has 2 saturated heterocycles. The number of carbonyl (C=O) groups is 2. The summed E-state index contributed by atoms with van der Waals surface area (Å²) in [5.41, 5.74) is 1.06. The largest absolute Gasteiger partial charge is 0.347 e. The van der Waals surface area contributed by atoms with Crippen molar-refractivity contribution >= 4 is 11.8 Å². The molecule has 6 heteroatoms. The molecule has 0 N–H and O–H groups in total. The molecule has 1 aromatic carbocycles. The summed E-state index contributed by atoms with van der Waals surface area (Å²) in [7, 11) is 3.42. The van der Waals surface area contributed by atoms with E-state index in [1.165, 1.54) is 17.0 Å². The molecule has 2 aliphatic rings. The fourth-order valence-corrected chi connectivity index (χ4v) is 3.64. The van der Waals surface area contributed by atoms with E-state index < -0.39 is 0 Å². The number of carbonyl (C=O) groups excluding carboxylic acids is 2. The summed E-state index contributed by atoms with van der Waals surface area (Å²) in [6, 6.07) is 6.53. The van der Waals surface area contributed by atoms with E-state index in [1.54, 1.807) is 31.1 Å². The second kappa shape index (κ2) is 6.89. The van der Waals surface area contributed by atoms with E-state index in [4.69, 9.17) is 0 Å². The normalized spacial score (nSPS) is 24.1. The lowest BCUT2D eigenvalue weighted by atomic mass is 9.88. The van der Waals surface area contributed by atoms with E-state index in [9.17, 15) is 14.0 Å². The molecule has 0 aliphatic carbocycles. The van der Waals surface area contributed by atoms with Gasteiger partial charge in [0.1, 0.15) is 5.82 Å². The van der Waals surface area contributed by atoms with Gasteiger partial charge in [0.2, 0.25) is 11.8 Å². The van der Waals surface area contributed by atoms with Gasteiger partial charge in [0, 0.05) is 40.3 Å². The number of nitrogens with zero attached hydrogens (tertiary/aromatic N) is 3. The minimum Gasteiger partial charge on any atom is -0.347 e. The van der Waals surface area contributed by atoms with E-state index in [0.717, 1.165) is 25.1 Å². The molecule has 2 atom stereocenters. The van der Waals surface area contributed by atoms with Crippen molar-refractivity contribution < 1.29 is 14.0 Å². The maximum atomic E-state index is 13.0. The van der Waals surface area contributed by atoms with Crippen LogP contribution in [0.2, 0.25) is 0 Å². The van der Waals surface area contributed by atoms with Gasteiger partial charge in [-0.05, 0) is 30.0 Å². The lowest BCUT2D eigenvalue weighted by Crippen LogP contribution is -2.49. The van der Waals surface area contributed by atoms with E-state index in [1.807, 2.05) is 0 Å². The molecule has 0 spiro atoms. The van der Waals surface area contributed by atoms with Crippen molar-refractivity contribution in [3.8, 4) is 0 Å². The summed E-state index contributed by atoms with van der Waals surface area (Å²) in [6.45, 7) is 3.17. The van der Waals surface area contributed by atoms with E-state index in [2.05, 4.69) is 4.90 Å². The molecule has 0 saturated carbocycles. The lowest BCUT2D eigenvalue weighted by molar-refractivity contribution is -0.145. The van der Waals surface area contributed by atoms with Crippen LogP contribution in [0.5, 0.6) is 0 Å². The van der Waals surface area contributed by atoms with E-state index >= 15 is 0 Å². The van der Waals surface area contributed by atoms with Crippen molar-refractivity contribution in [1.29, 1.82) is 0 Å². The molecule has 0 radical (unpaired) electrons. The van der Waals surface area contributed by atoms with Crippen LogP contribution in [0.4, 0.5) is 4.39 Å². The number of benzene rings is 1. The number of piperidine rings is 1. The van der Waals surface area contributed by atoms with E-state index in [-0.39, 0.29) is 30.1 Å². The number of likely N-dealkylation sites (tertiary alicyclic amines) is 2. The first-order chi connectivity index (χ1) is 11.4. The first kappa shape index (κ1) is 16.9. The highest BCUT2D eigenvalue weighted by molar-refractivity contribution is 5.86. The molecule has 0 aromatic heterocycles.